The fraction of sp³-hybridized carbons (Fsp3) is 0.353. The number of alkyl halides is 2. The molecule has 0 aliphatic heterocycles. The molecule has 262 valence electrons. The highest BCUT2D eigenvalue weighted by atomic mass is 35.5. The first-order chi connectivity index (χ1) is 22.5. The Morgan fingerprint density at radius 3 is 1.90 bits per heavy atom. The molecule has 1 fully saturated rings. The lowest BCUT2D eigenvalue weighted by atomic mass is 10.00. The van der Waals surface area contributed by atoms with Crippen molar-refractivity contribution >= 4 is 105 Å². The maximum atomic E-state index is 14.6. The molecule has 0 aromatic heterocycles. The molecule has 15 heteroatoms. The quantitative estimate of drug-likeness (QED) is 0.145. The van der Waals surface area contributed by atoms with Crippen LogP contribution >= 0.6 is 69.6 Å². The lowest BCUT2D eigenvalue weighted by Gasteiger charge is -2.29. The van der Waals surface area contributed by atoms with Crippen molar-refractivity contribution in [3.05, 3.63) is 91.1 Å². The molecule has 1 aliphatic rings. The van der Waals surface area contributed by atoms with E-state index in [1.54, 1.807) is 41.5 Å². The highest BCUT2D eigenvalue weighted by Crippen LogP contribution is 2.65. The zero-order valence-corrected chi connectivity index (χ0v) is 31.6. The van der Waals surface area contributed by atoms with Crippen molar-refractivity contribution in [2.45, 2.75) is 69.4 Å². The van der Waals surface area contributed by atoms with Crippen LogP contribution in [0.4, 0.5) is 25.4 Å². The second-order valence-electron chi connectivity index (χ2n) is 13.3. The van der Waals surface area contributed by atoms with E-state index in [4.69, 9.17) is 79.1 Å². The van der Waals surface area contributed by atoms with Gasteiger partial charge in [0.25, 0.3) is 0 Å². The Morgan fingerprint density at radius 2 is 1.37 bits per heavy atom. The van der Waals surface area contributed by atoms with Crippen LogP contribution in [0.5, 0.6) is 0 Å². The number of carbonyl (C=O) groups is 4. The zero-order chi connectivity index (χ0) is 36.8. The van der Waals surface area contributed by atoms with E-state index in [2.05, 4.69) is 5.32 Å². The summed E-state index contributed by atoms with van der Waals surface area (Å²) in [4.78, 5) is 54.2. The molecule has 1 saturated carbocycles. The normalized spacial score (nSPS) is 16.8. The van der Waals surface area contributed by atoms with Crippen LogP contribution in [-0.4, -0.2) is 39.4 Å². The van der Waals surface area contributed by atoms with Crippen molar-refractivity contribution in [1.82, 2.24) is 0 Å². The van der Waals surface area contributed by atoms with Gasteiger partial charge in [0.1, 0.15) is 21.4 Å². The fourth-order valence-corrected chi connectivity index (χ4v) is 6.59. The molecule has 8 nitrogen and oxygen atoms in total. The van der Waals surface area contributed by atoms with E-state index in [0.29, 0.717) is 10.5 Å². The molecule has 3 aromatic carbocycles. The number of carbonyl (C=O) groups excluding carboxylic acids is 4. The summed E-state index contributed by atoms with van der Waals surface area (Å²) in [6.07, 6.45) is -2.70. The van der Waals surface area contributed by atoms with E-state index in [1.165, 1.54) is 36.4 Å². The molecule has 3 aromatic rings. The third-order valence-electron chi connectivity index (χ3n) is 7.02. The molecular formula is C34H31Cl6FN2O6. The molecule has 4 rings (SSSR count). The summed E-state index contributed by atoms with van der Waals surface area (Å²) >= 11 is 37.7. The van der Waals surface area contributed by atoms with Crippen molar-refractivity contribution in [1.29, 1.82) is 0 Å². The van der Waals surface area contributed by atoms with Gasteiger partial charge in [-0.1, -0.05) is 46.4 Å². The number of imide groups is 1. The molecule has 3 amide bonds. The minimum absolute atomic E-state index is 0.0240. The van der Waals surface area contributed by atoms with E-state index in [1.807, 2.05) is 0 Å². The topological polar surface area (TPSA) is 102 Å². The highest BCUT2D eigenvalue weighted by molar-refractivity contribution is 6.54. The third-order valence-corrected chi connectivity index (χ3v) is 9.49. The van der Waals surface area contributed by atoms with E-state index in [-0.39, 0.29) is 42.6 Å². The lowest BCUT2D eigenvalue weighted by Crippen LogP contribution is -2.44. The van der Waals surface area contributed by atoms with Gasteiger partial charge in [-0.3, -0.25) is 9.59 Å². The molecule has 0 bridgehead atoms. The standard InChI is InChI=1S/C34H31Cl6FN2O6/c1-32(2,3)48-30(46)43(31(47)49-33(4,5)6)24-10-7-18(41)11-16(24)14-25(44)20-15-19(8-9-21(20)35)42-29(45)27-26(34(27,39)40)17-12-22(36)28(38)23(37)13-17/h7-13,15,26-27H,14H2,1-6H3,(H,42,45)/t26-,27+/m0/s1. The molecule has 49 heavy (non-hydrogen) atoms. The third kappa shape index (κ3) is 9.31. The van der Waals surface area contributed by atoms with E-state index < -0.39 is 63.5 Å². The van der Waals surface area contributed by atoms with Crippen LogP contribution < -0.4 is 10.2 Å². The van der Waals surface area contributed by atoms with Crippen LogP contribution in [0.1, 0.15) is 68.9 Å². The maximum absolute atomic E-state index is 14.6. The lowest BCUT2D eigenvalue weighted by molar-refractivity contribution is -0.117. The largest absolute Gasteiger partial charge is 0.443 e. The van der Waals surface area contributed by atoms with Crippen LogP contribution in [0.3, 0.4) is 0 Å². The number of Topliss-reactive ketones (excluding diaryl/α,β-unsaturated/α-hetero) is 1. The number of nitrogens with zero attached hydrogens (tertiary/aromatic N) is 1. The predicted molar refractivity (Wildman–Crippen MR) is 192 cm³/mol. The summed E-state index contributed by atoms with van der Waals surface area (Å²) < 4.78 is 24.0. The molecule has 0 saturated heterocycles. The van der Waals surface area contributed by atoms with Crippen LogP contribution in [0.25, 0.3) is 0 Å². The monoisotopic (exact) mass is 792 g/mol. The van der Waals surface area contributed by atoms with Gasteiger partial charge in [0.2, 0.25) is 5.91 Å². The second-order valence-corrected chi connectivity index (χ2v) is 16.3. The van der Waals surface area contributed by atoms with Gasteiger partial charge in [-0.05, 0) is 101 Å². The van der Waals surface area contributed by atoms with Crippen molar-refractivity contribution in [3.63, 3.8) is 0 Å². The second kappa shape index (κ2) is 14.4. The van der Waals surface area contributed by atoms with Crippen molar-refractivity contribution in [2.24, 2.45) is 5.92 Å². The number of rotatable bonds is 7. The summed E-state index contributed by atoms with van der Waals surface area (Å²) in [5.41, 5.74) is -1.54. The predicted octanol–water partition coefficient (Wildman–Crippen LogP) is 11.1. The minimum atomic E-state index is -1.49. The van der Waals surface area contributed by atoms with E-state index in [0.717, 1.165) is 12.1 Å². The fourth-order valence-electron chi connectivity index (χ4n) is 4.93. The van der Waals surface area contributed by atoms with Gasteiger partial charge in [0.15, 0.2) is 5.78 Å². The SMILES string of the molecule is CC(C)(C)OC(=O)N(C(=O)OC(C)(C)C)c1ccc(F)cc1CC(=O)c1cc(NC(=O)[C@H]2[C@H](c3cc(Cl)c(Cl)c(Cl)c3)C2(Cl)Cl)ccc1Cl. The van der Waals surface area contributed by atoms with Gasteiger partial charge in [-0.2, -0.15) is 4.90 Å². The molecule has 0 unspecified atom stereocenters. The number of halogens is 7. The molecule has 0 radical (unpaired) electrons. The number of hydrogen-bond acceptors (Lipinski definition) is 6. The first-order valence-corrected chi connectivity index (χ1v) is 17.0. The molecule has 0 heterocycles. The van der Waals surface area contributed by atoms with Gasteiger partial charge < -0.3 is 14.8 Å². The number of hydrogen-bond donors (Lipinski definition) is 1. The van der Waals surface area contributed by atoms with Gasteiger partial charge >= 0.3 is 12.2 Å². The van der Waals surface area contributed by atoms with Crippen LogP contribution in [0.15, 0.2) is 48.5 Å². The van der Waals surface area contributed by atoms with Gasteiger partial charge in [-0.15, -0.1) is 23.2 Å². The smallest absolute Gasteiger partial charge is 0.424 e. The number of amides is 3. The number of ketones is 1. The van der Waals surface area contributed by atoms with Gasteiger partial charge in [0, 0.05) is 23.6 Å². The summed E-state index contributed by atoms with van der Waals surface area (Å²) in [6, 6.07) is 10.5. The molecule has 2 atom stereocenters. The first-order valence-electron chi connectivity index (χ1n) is 14.7. The molecule has 1 N–H and O–H groups in total. The van der Waals surface area contributed by atoms with Crippen LogP contribution in [0, 0.1) is 11.7 Å². The number of nitrogens with one attached hydrogen (secondary N) is 1. The average Bonchev–Trinajstić information content (AvgIpc) is 3.53. The van der Waals surface area contributed by atoms with Crippen LogP contribution in [0.2, 0.25) is 20.1 Å². The molecule has 1 aliphatic carbocycles. The van der Waals surface area contributed by atoms with Gasteiger partial charge in [0.05, 0.1) is 31.7 Å². The summed E-state index contributed by atoms with van der Waals surface area (Å²) in [5, 5.41) is 3.21. The van der Waals surface area contributed by atoms with Gasteiger partial charge in [-0.25, -0.2) is 14.0 Å². The number of benzene rings is 3. The Labute approximate surface area is 313 Å². The zero-order valence-electron chi connectivity index (χ0n) is 27.0. The Balaban J connectivity index is 1.61. The Kier molecular flexibility index (Phi) is 11.5. The highest BCUT2D eigenvalue weighted by Gasteiger charge is 2.67. The summed E-state index contributed by atoms with van der Waals surface area (Å²) in [6.45, 7) is 9.63. The Morgan fingerprint density at radius 1 is 0.816 bits per heavy atom. The average molecular weight is 795 g/mol. The summed E-state index contributed by atoms with van der Waals surface area (Å²) in [7, 11) is 0. The van der Waals surface area contributed by atoms with Crippen molar-refractivity contribution < 1.29 is 33.0 Å². The number of anilines is 2. The van der Waals surface area contributed by atoms with Crippen LogP contribution in [-0.2, 0) is 20.7 Å². The molecule has 0 spiro atoms. The van der Waals surface area contributed by atoms with E-state index >= 15 is 0 Å². The summed E-state index contributed by atoms with van der Waals surface area (Å²) in [5.74, 6) is -3.50. The van der Waals surface area contributed by atoms with Crippen molar-refractivity contribution in [2.75, 3.05) is 10.2 Å². The molecular weight excluding hydrogens is 764 g/mol. The Bertz CT molecular complexity index is 1790. The minimum Gasteiger partial charge on any atom is -0.443 e. The maximum Gasteiger partial charge on any atom is 0.424 e. The van der Waals surface area contributed by atoms with Crippen molar-refractivity contribution in [3.8, 4) is 0 Å². The number of ether oxygens (including phenoxy) is 2. The first kappa shape index (κ1) is 39.0. The Hall–Kier alpha value is -2.79. The van der Waals surface area contributed by atoms with E-state index in [9.17, 15) is 23.6 Å².